The van der Waals surface area contributed by atoms with E-state index in [1.54, 1.807) is 14.2 Å². The topological polar surface area (TPSA) is 62.8 Å². The second-order valence-corrected chi connectivity index (χ2v) is 6.00. The highest BCUT2D eigenvalue weighted by Crippen LogP contribution is 2.27. The Balaban J connectivity index is 1.75. The maximum Gasteiger partial charge on any atom is 0.315 e. The molecule has 6 heteroatoms. The molecule has 0 unspecified atom stereocenters. The minimum absolute atomic E-state index is 0.157. The van der Waals surface area contributed by atoms with Crippen LogP contribution in [-0.2, 0) is 6.54 Å². The Morgan fingerprint density at radius 1 is 1.26 bits per heavy atom. The Morgan fingerprint density at radius 3 is 2.57 bits per heavy atom. The van der Waals surface area contributed by atoms with Crippen molar-refractivity contribution in [2.45, 2.75) is 38.4 Å². The summed E-state index contributed by atoms with van der Waals surface area (Å²) in [6.07, 6.45) is 2.54. The number of nitrogens with zero attached hydrogens (tertiary/aromatic N) is 1. The highest BCUT2D eigenvalue weighted by Gasteiger charge is 2.29. The molecule has 1 aromatic rings. The lowest BCUT2D eigenvalue weighted by Gasteiger charge is -2.24. The lowest BCUT2D eigenvalue weighted by Crippen LogP contribution is -2.44. The number of ether oxygens (including phenoxy) is 2. The van der Waals surface area contributed by atoms with Crippen molar-refractivity contribution >= 4 is 6.03 Å². The zero-order valence-electron chi connectivity index (χ0n) is 14.4. The summed E-state index contributed by atoms with van der Waals surface area (Å²) in [6.45, 7) is 3.22. The van der Waals surface area contributed by atoms with Crippen molar-refractivity contribution in [3.05, 3.63) is 23.8 Å². The van der Waals surface area contributed by atoms with Gasteiger partial charge in [-0.2, -0.15) is 0 Å². The van der Waals surface area contributed by atoms with E-state index in [1.165, 1.54) is 12.8 Å². The van der Waals surface area contributed by atoms with Gasteiger partial charge in [0.1, 0.15) is 0 Å². The molecular formula is C17H27N3O3. The van der Waals surface area contributed by atoms with Crippen LogP contribution in [0.2, 0.25) is 0 Å². The molecule has 1 aromatic carbocycles. The van der Waals surface area contributed by atoms with Gasteiger partial charge in [0.2, 0.25) is 0 Å². The molecule has 23 heavy (non-hydrogen) atoms. The van der Waals surface area contributed by atoms with E-state index in [0.29, 0.717) is 36.7 Å². The van der Waals surface area contributed by atoms with E-state index in [-0.39, 0.29) is 6.03 Å². The number of urea groups is 1. The maximum atomic E-state index is 11.9. The van der Waals surface area contributed by atoms with E-state index in [2.05, 4.69) is 29.5 Å². The zero-order chi connectivity index (χ0) is 16.8. The molecule has 1 aliphatic rings. The van der Waals surface area contributed by atoms with Gasteiger partial charge in [0.05, 0.1) is 14.2 Å². The molecule has 2 rings (SSSR count). The molecule has 2 amide bonds. The normalized spacial score (nSPS) is 15.2. The minimum atomic E-state index is -0.157. The fraction of sp³-hybridized carbons (Fsp3) is 0.588. The molecule has 0 saturated heterocycles. The molecule has 128 valence electrons. The molecule has 1 fully saturated rings. The Bertz CT molecular complexity index is 532. The summed E-state index contributed by atoms with van der Waals surface area (Å²) in [5, 5.41) is 5.78. The molecule has 0 spiro atoms. The highest BCUT2D eigenvalue weighted by molar-refractivity contribution is 5.73. The van der Waals surface area contributed by atoms with Crippen molar-refractivity contribution < 1.29 is 14.3 Å². The first-order valence-electron chi connectivity index (χ1n) is 7.99. The number of rotatable bonds is 8. The van der Waals surface area contributed by atoms with Crippen LogP contribution >= 0.6 is 0 Å². The Hall–Kier alpha value is -1.95. The van der Waals surface area contributed by atoms with Gasteiger partial charge in [0.25, 0.3) is 0 Å². The number of nitrogens with one attached hydrogen (secondary N) is 2. The first-order valence-corrected chi connectivity index (χ1v) is 7.99. The number of carbonyl (C=O) groups is 1. The molecule has 0 bridgehead atoms. The number of hydrogen-bond donors (Lipinski definition) is 2. The van der Waals surface area contributed by atoms with E-state index < -0.39 is 0 Å². The summed E-state index contributed by atoms with van der Waals surface area (Å²) >= 11 is 0. The van der Waals surface area contributed by atoms with Crippen LogP contribution in [-0.4, -0.2) is 50.8 Å². The number of methoxy groups -OCH3 is 2. The van der Waals surface area contributed by atoms with E-state index >= 15 is 0 Å². The van der Waals surface area contributed by atoms with Crippen LogP contribution in [0, 0.1) is 0 Å². The lowest BCUT2D eigenvalue weighted by atomic mass is 10.2. The molecule has 6 nitrogen and oxygen atoms in total. The van der Waals surface area contributed by atoms with Gasteiger partial charge >= 0.3 is 6.03 Å². The van der Waals surface area contributed by atoms with Gasteiger partial charge in [-0.05, 0) is 44.5 Å². The van der Waals surface area contributed by atoms with Crippen molar-refractivity contribution in [3.63, 3.8) is 0 Å². The number of carbonyl (C=O) groups excluding carboxylic acids is 1. The standard InChI is InChI=1S/C17H27N3O3/c1-12(20(2)14-6-7-14)10-18-17(21)19-11-13-5-8-15(22-3)16(9-13)23-4/h5,8-9,12,14H,6-7,10-11H2,1-4H3,(H2,18,19,21)/t12-/m0/s1. The predicted molar refractivity (Wildman–Crippen MR) is 90.0 cm³/mol. The summed E-state index contributed by atoms with van der Waals surface area (Å²) in [5.74, 6) is 1.34. The monoisotopic (exact) mass is 321 g/mol. The molecule has 0 aliphatic heterocycles. The second kappa shape index (κ2) is 8.06. The molecule has 0 heterocycles. The van der Waals surface area contributed by atoms with E-state index in [9.17, 15) is 4.79 Å². The van der Waals surface area contributed by atoms with Crippen molar-refractivity contribution in [2.24, 2.45) is 0 Å². The highest BCUT2D eigenvalue weighted by atomic mass is 16.5. The Kier molecular flexibility index (Phi) is 6.10. The van der Waals surface area contributed by atoms with Crippen molar-refractivity contribution in [1.29, 1.82) is 0 Å². The summed E-state index contributed by atoms with van der Waals surface area (Å²) in [6, 6.07) is 6.49. The average Bonchev–Trinajstić information content (AvgIpc) is 3.41. The number of likely N-dealkylation sites (N-methyl/N-ethyl adjacent to an activating group) is 1. The third-order valence-corrected chi connectivity index (χ3v) is 4.28. The van der Waals surface area contributed by atoms with Crippen molar-refractivity contribution in [1.82, 2.24) is 15.5 Å². The number of hydrogen-bond acceptors (Lipinski definition) is 4. The van der Waals surface area contributed by atoms with Crippen LogP contribution in [0.25, 0.3) is 0 Å². The Labute approximate surface area is 138 Å². The summed E-state index contributed by atoms with van der Waals surface area (Å²) in [5.41, 5.74) is 0.959. The SMILES string of the molecule is COc1ccc(CNC(=O)NC[C@H](C)N(C)C2CC2)cc1OC. The van der Waals surface area contributed by atoms with E-state index in [1.807, 2.05) is 18.2 Å². The smallest absolute Gasteiger partial charge is 0.315 e. The van der Waals surface area contributed by atoms with Crippen molar-refractivity contribution in [3.8, 4) is 11.5 Å². The zero-order valence-corrected chi connectivity index (χ0v) is 14.4. The van der Waals surface area contributed by atoms with E-state index in [0.717, 1.165) is 5.56 Å². The average molecular weight is 321 g/mol. The fourth-order valence-corrected chi connectivity index (χ4v) is 2.46. The third kappa shape index (κ3) is 5.03. The van der Waals surface area contributed by atoms with Gasteiger partial charge in [0, 0.05) is 25.2 Å². The van der Waals surface area contributed by atoms with Crippen LogP contribution in [0.5, 0.6) is 11.5 Å². The first kappa shape index (κ1) is 17.4. The van der Waals surface area contributed by atoms with Gasteiger partial charge in [-0.3, -0.25) is 4.90 Å². The molecular weight excluding hydrogens is 294 g/mol. The van der Waals surface area contributed by atoms with Crippen LogP contribution in [0.4, 0.5) is 4.79 Å². The summed E-state index contributed by atoms with van der Waals surface area (Å²) in [4.78, 5) is 14.2. The van der Waals surface area contributed by atoms with Crippen LogP contribution in [0.1, 0.15) is 25.3 Å². The quantitative estimate of drug-likeness (QED) is 0.768. The summed E-state index contributed by atoms with van der Waals surface area (Å²) < 4.78 is 10.5. The summed E-state index contributed by atoms with van der Waals surface area (Å²) in [7, 11) is 5.31. The van der Waals surface area contributed by atoms with Crippen LogP contribution in [0.3, 0.4) is 0 Å². The minimum Gasteiger partial charge on any atom is -0.493 e. The van der Waals surface area contributed by atoms with Crippen molar-refractivity contribution in [2.75, 3.05) is 27.8 Å². The maximum absolute atomic E-state index is 11.9. The van der Waals surface area contributed by atoms with Gasteiger partial charge in [-0.1, -0.05) is 6.07 Å². The predicted octanol–water partition coefficient (Wildman–Crippen LogP) is 1.99. The van der Waals surface area contributed by atoms with Crippen LogP contribution in [0.15, 0.2) is 18.2 Å². The van der Waals surface area contributed by atoms with Gasteiger partial charge in [-0.15, -0.1) is 0 Å². The number of amides is 2. The van der Waals surface area contributed by atoms with Gasteiger partial charge in [-0.25, -0.2) is 4.79 Å². The molecule has 1 aliphatic carbocycles. The molecule has 2 N–H and O–H groups in total. The molecule has 1 atom stereocenters. The lowest BCUT2D eigenvalue weighted by molar-refractivity contribution is 0.222. The fourth-order valence-electron chi connectivity index (χ4n) is 2.46. The third-order valence-electron chi connectivity index (χ3n) is 4.28. The van der Waals surface area contributed by atoms with E-state index in [4.69, 9.17) is 9.47 Å². The number of benzene rings is 1. The molecule has 1 saturated carbocycles. The molecule has 0 aromatic heterocycles. The van der Waals surface area contributed by atoms with Crippen LogP contribution < -0.4 is 20.1 Å². The first-order chi connectivity index (χ1) is 11.0. The largest absolute Gasteiger partial charge is 0.493 e. The van der Waals surface area contributed by atoms with Gasteiger partial charge < -0.3 is 20.1 Å². The second-order valence-electron chi connectivity index (χ2n) is 6.00. The Morgan fingerprint density at radius 2 is 1.96 bits per heavy atom. The molecule has 0 radical (unpaired) electrons. The van der Waals surface area contributed by atoms with Gasteiger partial charge in [0.15, 0.2) is 11.5 Å².